The maximum Gasteiger partial charge on any atom is 0.164 e. The summed E-state index contributed by atoms with van der Waals surface area (Å²) in [6.07, 6.45) is 6.63. The minimum absolute atomic E-state index is 0. The molecule has 0 amide bonds. The van der Waals surface area contributed by atoms with Crippen LogP contribution in [-0.4, -0.2) is 37.4 Å². The predicted octanol–water partition coefficient (Wildman–Crippen LogP) is -3.90. The second-order valence-corrected chi connectivity index (χ2v) is 4.85. The van der Waals surface area contributed by atoms with Crippen LogP contribution in [-0.2, 0) is 13.1 Å². The monoisotopic (exact) mass is 375 g/mol. The number of hydrogen-bond acceptors (Lipinski definition) is 5. The van der Waals surface area contributed by atoms with Gasteiger partial charge in [-0.25, -0.2) is 4.98 Å². The Kier molecular flexibility index (Phi) is 11.0. The van der Waals surface area contributed by atoms with Crippen LogP contribution in [0, 0.1) is 0 Å². The van der Waals surface area contributed by atoms with Crippen LogP contribution in [0.15, 0.2) is 30.9 Å². The Labute approximate surface area is 155 Å². The Morgan fingerprint density at radius 1 is 1.00 bits per heavy atom. The third-order valence-corrected chi connectivity index (χ3v) is 3.43. The number of methoxy groups -OCH3 is 3. The molecule has 1 aromatic heterocycles. The van der Waals surface area contributed by atoms with Crippen molar-refractivity contribution in [2.75, 3.05) is 27.9 Å². The maximum atomic E-state index is 5.42. The van der Waals surface area contributed by atoms with Crippen molar-refractivity contribution >= 4 is 0 Å². The van der Waals surface area contributed by atoms with E-state index in [1.165, 1.54) is 0 Å². The number of nitrogens with one attached hydrogen (secondary N) is 1. The lowest BCUT2D eigenvalue weighted by Gasteiger charge is -2.14. The molecule has 0 saturated carbocycles. The van der Waals surface area contributed by atoms with Gasteiger partial charge in [-0.1, -0.05) is 0 Å². The number of imidazole rings is 1. The Morgan fingerprint density at radius 3 is 2.25 bits per heavy atom. The first kappa shape index (κ1) is 22.4. The molecule has 0 saturated heterocycles. The first-order valence-electron chi connectivity index (χ1n) is 7.23. The zero-order valence-corrected chi connectivity index (χ0v) is 15.6. The van der Waals surface area contributed by atoms with E-state index in [0.717, 1.165) is 30.8 Å². The molecule has 6 nitrogen and oxygen atoms in total. The summed E-state index contributed by atoms with van der Waals surface area (Å²) in [5.41, 5.74) is 1.04. The lowest BCUT2D eigenvalue weighted by molar-refractivity contribution is -0.00100. The van der Waals surface area contributed by atoms with Crippen molar-refractivity contribution in [1.29, 1.82) is 0 Å². The molecule has 0 aliphatic carbocycles. The second-order valence-electron chi connectivity index (χ2n) is 4.85. The van der Waals surface area contributed by atoms with Gasteiger partial charge < -0.3 is 48.9 Å². The van der Waals surface area contributed by atoms with Crippen LogP contribution in [0.4, 0.5) is 0 Å². The van der Waals surface area contributed by atoms with E-state index in [9.17, 15) is 0 Å². The molecular weight excluding hydrogens is 353 g/mol. The molecule has 1 heterocycles. The molecule has 0 bridgehead atoms. The molecule has 0 aliphatic rings. The van der Waals surface area contributed by atoms with Crippen molar-refractivity contribution in [3.8, 4) is 17.2 Å². The molecule has 24 heavy (non-hydrogen) atoms. The van der Waals surface area contributed by atoms with Crippen LogP contribution in [0.25, 0.3) is 0 Å². The molecule has 0 fully saturated rings. The molecule has 136 valence electrons. The summed E-state index contributed by atoms with van der Waals surface area (Å²) < 4.78 is 18.1. The first-order valence-corrected chi connectivity index (χ1v) is 7.23. The van der Waals surface area contributed by atoms with Gasteiger partial charge in [0.1, 0.15) is 5.75 Å². The minimum Gasteiger partial charge on any atom is -1.00 e. The average molecular weight is 376 g/mol. The van der Waals surface area contributed by atoms with Crippen LogP contribution >= 0.6 is 0 Å². The minimum atomic E-state index is 0. The standard InChI is InChI=1S/C16H23N3O3.2ClH/c1-20-14-10-16(22-3)15(21-2)9-13(14)11-17-5-4-7-19-8-6-18-12-19;;/h6,8-10,12,17H,4-5,7,11H2,1-3H3;2*1H/p-2. The van der Waals surface area contributed by atoms with E-state index in [1.54, 1.807) is 27.5 Å². The number of halogens is 2. The Hall–Kier alpha value is -1.63. The quantitative estimate of drug-likeness (QED) is 0.454. The molecular formula is C16H23Cl2N3O3-2. The highest BCUT2D eigenvalue weighted by Gasteiger charge is 2.11. The van der Waals surface area contributed by atoms with E-state index in [4.69, 9.17) is 14.2 Å². The summed E-state index contributed by atoms with van der Waals surface area (Å²) in [6, 6.07) is 3.79. The van der Waals surface area contributed by atoms with Gasteiger partial charge in [0.05, 0.1) is 27.7 Å². The summed E-state index contributed by atoms with van der Waals surface area (Å²) in [4.78, 5) is 4.03. The van der Waals surface area contributed by atoms with Crippen molar-refractivity contribution < 1.29 is 39.0 Å². The number of hydrogen-bond donors (Lipinski definition) is 1. The van der Waals surface area contributed by atoms with Gasteiger partial charge in [-0.05, 0) is 19.0 Å². The smallest absolute Gasteiger partial charge is 0.164 e. The zero-order valence-electron chi connectivity index (χ0n) is 14.1. The predicted molar refractivity (Wildman–Crippen MR) is 84.6 cm³/mol. The van der Waals surface area contributed by atoms with Crippen molar-refractivity contribution in [1.82, 2.24) is 14.9 Å². The van der Waals surface area contributed by atoms with Crippen LogP contribution in [0.5, 0.6) is 17.2 Å². The van der Waals surface area contributed by atoms with Gasteiger partial charge in [-0.3, -0.25) is 0 Å². The van der Waals surface area contributed by atoms with Crippen molar-refractivity contribution in [2.24, 2.45) is 0 Å². The molecule has 8 heteroatoms. The topological polar surface area (TPSA) is 57.5 Å². The van der Waals surface area contributed by atoms with Crippen LogP contribution < -0.4 is 44.3 Å². The summed E-state index contributed by atoms with van der Waals surface area (Å²) in [7, 11) is 4.90. The number of nitrogens with zero attached hydrogens (tertiary/aromatic N) is 2. The first-order chi connectivity index (χ1) is 10.8. The molecule has 0 aliphatic heterocycles. The summed E-state index contributed by atoms with van der Waals surface area (Å²) in [5, 5.41) is 3.42. The zero-order chi connectivity index (χ0) is 15.8. The van der Waals surface area contributed by atoms with Crippen molar-refractivity contribution in [3.05, 3.63) is 36.4 Å². The molecule has 2 rings (SSSR count). The fraction of sp³-hybridized carbons (Fsp3) is 0.438. The van der Waals surface area contributed by atoms with E-state index >= 15 is 0 Å². The van der Waals surface area contributed by atoms with Gasteiger partial charge in [0, 0.05) is 37.1 Å². The third kappa shape index (κ3) is 6.11. The summed E-state index contributed by atoms with van der Waals surface area (Å²) in [6.45, 7) is 2.58. The highest BCUT2D eigenvalue weighted by molar-refractivity contribution is 5.50. The fourth-order valence-corrected chi connectivity index (χ4v) is 2.26. The maximum absolute atomic E-state index is 5.42. The molecule has 0 atom stereocenters. The van der Waals surface area contributed by atoms with Gasteiger partial charge in [0.15, 0.2) is 11.5 Å². The highest BCUT2D eigenvalue weighted by Crippen LogP contribution is 2.34. The van der Waals surface area contributed by atoms with Crippen molar-refractivity contribution in [3.63, 3.8) is 0 Å². The molecule has 0 spiro atoms. The van der Waals surface area contributed by atoms with Gasteiger partial charge in [0.25, 0.3) is 0 Å². The summed E-state index contributed by atoms with van der Waals surface area (Å²) in [5.74, 6) is 2.17. The Balaban J connectivity index is 0.00000264. The SMILES string of the molecule is COc1cc(OC)c(OC)cc1CNCCCn1ccnc1.[Cl-].[Cl-]. The number of rotatable bonds is 9. The average Bonchev–Trinajstić information content (AvgIpc) is 3.07. The number of ether oxygens (including phenoxy) is 3. The Bertz CT molecular complexity index is 580. The molecule has 1 N–H and O–H groups in total. The van der Waals surface area contributed by atoms with Gasteiger partial charge in [-0.2, -0.15) is 0 Å². The number of benzene rings is 1. The highest BCUT2D eigenvalue weighted by atomic mass is 35.5. The number of aryl methyl sites for hydroxylation is 1. The largest absolute Gasteiger partial charge is 1.00 e. The Morgan fingerprint density at radius 2 is 1.67 bits per heavy atom. The molecule has 0 unspecified atom stereocenters. The van der Waals surface area contributed by atoms with Gasteiger partial charge >= 0.3 is 0 Å². The lowest BCUT2D eigenvalue weighted by Crippen LogP contribution is -3.00. The van der Waals surface area contributed by atoms with E-state index in [2.05, 4.69) is 14.9 Å². The molecule has 1 aromatic carbocycles. The van der Waals surface area contributed by atoms with Crippen LogP contribution in [0.1, 0.15) is 12.0 Å². The van der Waals surface area contributed by atoms with E-state index in [-0.39, 0.29) is 24.8 Å². The molecule has 2 aromatic rings. The van der Waals surface area contributed by atoms with Crippen LogP contribution in [0.3, 0.4) is 0 Å². The van der Waals surface area contributed by atoms with Gasteiger partial charge in [0.2, 0.25) is 0 Å². The normalized spacial score (nSPS) is 9.62. The number of aromatic nitrogens is 2. The van der Waals surface area contributed by atoms with E-state index in [0.29, 0.717) is 18.0 Å². The third-order valence-electron chi connectivity index (χ3n) is 3.43. The summed E-state index contributed by atoms with van der Waals surface area (Å²) >= 11 is 0. The lowest BCUT2D eigenvalue weighted by atomic mass is 10.1. The van der Waals surface area contributed by atoms with E-state index in [1.807, 2.05) is 24.7 Å². The fourth-order valence-electron chi connectivity index (χ4n) is 2.26. The second kappa shape index (κ2) is 11.8. The van der Waals surface area contributed by atoms with Crippen molar-refractivity contribution in [2.45, 2.75) is 19.5 Å². The molecule has 0 radical (unpaired) electrons. The van der Waals surface area contributed by atoms with Crippen LogP contribution in [0.2, 0.25) is 0 Å². The van der Waals surface area contributed by atoms with E-state index < -0.39 is 0 Å². The van der Waals surface area contributed by atoms with Gasteiger partial charge in [-0.15, -0.1) is 0 Å².